The fourth-order valence-corrected chi connectivity index (χ4v) is 3.23. The van der Waals surface area contributed by atoms with Gasteiger partial charge >= 0.3 is 0 Å². The minimum Gasteiger partial charge on any atom is -0.345 e. The first-order valence-electron chi connectivity index (χ1n) is 8.01. The van der Waals surface area contributed by atoms with Crippen molar-refractivity contribution in [2.45, 2.75) is 6.42 Å². The van der Waals surface area contributed by atoms with E-state index in [1.807, 2.05) is 54.6 Å². The van der Waals surface area contributed by atoms with Crippen LogP contribution >= 0.6 is 15.9 Å². The van der Waals surface area contributed by atoms with Crippen LogP contribution in [0.4, 0.5) is 5.69 Å². The van der Waals surface area contributed by atoms with Crippen LogP contribution in [0, 0.1) is 17.8 Å². The number of amides is 2. The minimum atomic E-state index is -0.349. The summed E-state index contributed by atoms with van der Waals surface area (Å²) in [7, 11) is 0. The predicted octanol–water partition coefficient (Wildman–Crippen LogP) is 2.97. The van der Waals surface area contributed by atoms with Gasteiger partial charge in [0, 0.05) is 23.0 Å². The number of nitrogens with one attached hydrogen (secondary N) is 1. The molecule has 0 saturated carbocycles. The molecule has 1 N–H and O–H groups in total. The number of carbonyl (C=O) groups excluding carboxylic acids is 2. The summed E-state index contributed by atoms with van der Waals surface area (Å²) >= 11 is 3.45. The molecule has 1 aliphatic rings. The Labute approximate surface area is 155 Å². The first-order valence-corrected chi connectivity index (χ1v) is 8.81. The van der Waals surface area contributed by atoms with E-state index in [1.54, 1.807) is 4.90 Å². The number of hydrogen-bond donors (Lipinski definition) is 1. The molecule has 1 unspecified atom stereocenters. The molecular formula is C20H17BrN2O2. The Morgan fingerprint density at radius 3 is 2.64 bits per heavy atom. The molecule has 0 bridgehead atoms. The molecule has 0 aliphatic carbocycles. The third-order valence-electron chi connectivity index (χ3n) is 4.00. The van der Waals surface area contributed by atoms with Gasteiger partial charge in [0.25, 0.3) is 0 Å². The highest BCUT2D eigenvalue weighted by Crippen LogP contribution is 2.31. The number of nitrogens with zero attached hydrogens (tertiary/aromatic N) is 1. The summed E-state index contributed by atoms with van der Waals surface area (Å²) < 4.78 is 0.845. The fourth-order valence-electron chi connectivity index (χ4n) is 2.73. The number of benzene rings is 2. The summed E-state index contributed by atoms with van der Waals surface area (Å²) in [4.78, 5) is 26.2. The SMILES string of the molecule is O=C(NCC#Cc1ccccc1)C1CC(=O)N(c2ccccc2Br)C1. The van der Waals surface area contributed by atoms with Gasteiger partial charge in [0.2, 0.25) is 11.8 Å². The van der Waals surface area contributed by atoms with E-state index in [2.05, 4.69) is 33.1 Å². The molecule has 4 nitrogen and oxygen atoms in total. The zero-order valence-electron chi connectivity index (χ0n) is 13.5. The maximum atomic E-state index is 12.3. The van der Waals surface area contributed by atoms with Gasteiger partial charge in [-0.05, 0) is 40.2 Å². The summed E-state index contributed by atoms with van der Waals surface area (Å²) in [6.45, 7) is 0.660. The number of halogens is 1. The van der Waals surface area contributed by atoms with Gasteiger partial charge in [-0.3, -0.25) is 9.59 Å². The molecule has 0 spiro atoms. The molecule has 3 rings (SSSR count). The minimum absolute atomic E-state index is 0.0394. The van der Waals surface area contributed by atoms with E-state index in [0.717, 1.165) is 15.7 Å². The highest BCUT2D eigenvalue weighted by atomic mass is 79.9. The average Bonchev–Trinajstić information content (AvgIpc) is 3.01. The van der Waals surface area contributed by atoms with E-state index in [4.69, 9.17) is 0 Å². The average molecular weight is 397 g/mol. The molecule has 2 amide bonds. The van der Waals surface area contributed by atoms with Crippen molar-refractivity contribution in [1.82, 2.24) is 5.32 Å². The largest absolute Gasteiger partial charge is 0.345 e. The Balaban J connectivity index is 1.56. The summed E-state index contributed by atoms with van der Waals surface area (Å²) in [6, 6.07) is 17.1. The molecule has 1 heterocycles. The van der Waals surface area contributed by atoms with Crippen molar-refractivity contribution in [2.75, 3.05) is 18.0 Å². The Kier molecular flexibility index (Phi) is 5.52. The van der Waals surface area contributed by atoms with E-state index in [9.17, 15) is 9.59 Å². The maximum absolute atomic E-state index is 12.3. The van der Waals surface area contributed by atoms with Crippen LogP contribution in [0.15, 0.2) is 59.1 Å². The van der Waals surface area contributed by atoms with Gasteiger partial charge in [0.1, 0.15) is 0 Å². The second-order valence-electron chi connectivity index (χ2n) is 5.74. The van der Waals surface area contributed by atoms with Crippen LogP contribution in [-0.4, -0.2) is 24.9 Å². The number of para-hydroxylation sites is 1. The molecule has 0 aromatic heterocycles. The van der Waals surface area contributed by atoms with Crippen LogP contribution in [0.1, 0.15) is 12.0 Å². The van der Waals surface area contributed by atoms with Gasteiger partial charge < -0.3 is 10.2 Å². The van der Waals surface area contributed by atoms with Crippen LogP contribution in [0.3, 0.4) is 0 Å². The normalized spacial score (nSPS) is 16.3. The molecule has 126 valence electrons. The summed E-state index contributed by atoms with van der Waals surface area (Å²) in [6.07, 6.45) is 0.222. The monoisotopic (exact) mass is 396 g/mol. The van der Waals surface area contributed by atoms with E-state index in [1.165, 1.54) is 0 Å². The van der Waals surface area contributed by atoms with Crippen molar-refractivity contribution < 1.29 is 9.59 Å². The molecule has 1 fully saturated rings. The molecular weight excluding hydrogens is 380 g/mol. The lowest BCUT2D eigenvalue weighted by Gasteiger charge is -2.18. The van der Waals surface area contributed by atoms with E-state index in [0.29, 0.717) is 6.54 Å². The molecule has 25 heavy (non-hydrogen) atoms. The van der Waals surface area contributed by atoms with Crippen LogP contribution in [0.25, 0.3) is 0 Å². The van der Waals surface area contributed by atoms with E-state index < -0.39 is 0 Å². The second kappa shape index (κ2) is 8.00. The Morgan fingerprint density at radius 1 is 1.16 bits per heavy atom. The van der Waals surface area contributed by atoms with Gasteiger partial charge in [-0.15, -0.1) is 0 Å². The number of rotatable bonds is 3. The Bertz CT molecular complexity index is 840. The van der Waals surface area contributed by atoms with Crippen molar-refractivity contribution in [3.8, 4) is 11.8 Å². The predicted molar refractivity (Wildman–Crippen MR) is 101 cm³/mol. The summed E-state index contributed by atoms with van der Waals surface area (Å²) in [5.74, 6) is 5.40. The lowest BCUT2D eigenvalue weighted by molar-refractivity contribution is -0.126. The molecule has 1 atom stereocenters. The standard InChI is InChI=1S/C20H17BrN2O2/c21-17-10-4-5-11-18(17)23-14-16(13-19(23)24)20(25)22-12-6-9-15-7-2-1-3-8-15/h1-5,7-8,10-11,16H,12-14H2,(H,22,25). The lowest BCUT2D eigenvalue weighted by atomic mass is 10.1. The topological polar surface area (TPSA) is 49.4 Å². The van der Waals surface area contributed by atoms with Crippen molar-refractivity contribution in [1.29, 1.82) is 0 Å². The lowest BCUT2D eigenvalue weighted by Crippen LogP contribution is -2.33. The molecule has 1 aliphatic heterocycles. The third kappa shape index (κ3) is 4.28. The smallest absolute Gasteiger partial charge is 0.227 e. The van der Waals surface area contributed by atoms with Crippen molar-refractivity contribution in [3.05, 3.63) is 64.6 Å². The highest BCUT2D eigenvalue weighted by molar-refractivity contribution is 9.10. The molecule has 1 saturated heterocycles. The quantitative estimate of drug-likeness (QED) is 0.810. The van der Waals surface area contributed by atoms with Gasteiger partial charge in [-0.2, -0.15) is 0 Å². The fraction of sp³-hybridized carbons (Fsp3) is 0.200. The van der Waals surface area contributed by atoms with Gasteiger partial charge in [0.15, 0.2) is 0 Å². The Hall–Kier alpha value is -2.58. The van der Waals surface area contributed by atoms with Crippen LogP contribution in [0.5, 0.6) is 0 Å². The van der Waals surface area contributed by atoms with Gasteiger partial charge in [-0.1, -0.05) is 42.2 Å². The molecule has 2 aromatic carbocycles. The van der Waals surface area contributed by atoms with Crippen molar-refractivity contribution >= 4 is 33.4 Å². The number of anilines is 1. The van der Waals surface area contributed by atoms with E-state index >= 15 is 0 Å². The highest BCUT2D eigenvalue weighted by Gasteiger charge is 2.35. The van der Waals surface area contributed by atoms with Crippen molar-refractivity contribution in [2.24, 2.45) is 5.92 Å². The van der Waals surface area contributed by atoms with Crippen LogP contribution < -0.4 is 10.2 Å². The number of hydrogen-bond acceptors (Lipinski definition) is 2. The first-order chi connectivity index (χ1) is 12.1. The number of carbonyl (C=O) groups is 2. The van der Waals surface area contributed by atoms with Gasteiger partial charge in [0.05, 0.1) is 18.2 Å². The van der Waals surface area contributed by atoms with Gasteiger partial charge in [-0.25, -0.2) is 0 Å². The summed E-state index contributed by atoms with van der Waals surface area (Å²) in [5.41, 5.74) is 1.71. The second-order valence-corrected chi connectivity index (χ2v) is 6.60. The Morgan fingerprint density at radius 2 is 1.88 bits per heavy atom. The molecule has 5 heteroatoms. The first kappa shape index (κ1) is 17.2. The maximum Gasteiger partial charge on any atom is 0.227 e. The third-order valence-corrected chi connectivity index (χ3v) is 4.67. The molecule has 2 aromatic rings. The van der Waals surface area contributed by atoms with Crippen molar-refractivity contribution in [3.63, 3.8) is 0 Å². The summed E-state index contributed by atoms with van der Waals surface area (Å²) in [5, 5.41) is 2.80. The van der Waals surface area contributed by atoms with Crippen LogP contribution in [-0.2, 0) is 9.59 Å². The van der Waals surface area contributed by atoms with Crippen LogP contribution in [0.2, 0.25) is 0 Å². The zero-order chi connectivity index (χ0) is 17.6. The zero-order valence-corrected chi connectivity index (χ0v) is 15.1. The van der Waals surface area contributed by atoms with E-state index in [-0.39, 0.29) is 30.7 Å². The molecule has 0 radical (unpaired) electrons.